The Morgan fingerprint density at radius 2 is 1.33 bits per heavy atom. The maximum atomic E-state index is 13.4. The van der Waals surface area contributed by atoms with Gasteiger partial charge in [0, 0.05) is 43.4 Å². The number of carbonyl (C=O) groups is 2. The molecule has 2 fully saturated rings. The van der Waals surface area contributed by atoms with Crippen molar-refractivity contribution in [3.05, 3.63) is 47.0 Å². The number of amides is 2. The lowest BCUT2D eigenvalue weighted by Crippen LogP contribution is -2.44. The molecule has 0 aromatic heterocycles. The molecule has 2 aliphatic rings. The van der Waals surface area contributed by atoms with Crippen molar-refractivity contribution in [2.45, 2.75) is 26.2 Å². The van der Waals surface area contributed by atoms with Gasteiger partial charge in [-0.1, -0.05) is 0 Å². The first-order chi connectivity index (χ1) is 18.8. The zero-order chi connectivity index (χ0) is 28.2. The van der Waals surface area contributed by atoms with Crippen LogP contribution in [-0.4, -0.2) is 83.3 Å². The number of carbonyl (C=O) groups excluding carboxylic acids is 2. The van der Waals surface area contributed by atoms with Gasteiger partial charge >= 0.3 is 0 Å². The van der Waals surface area contributed by atoms with E-state index in [1.807, 2.05) is 28.9 Å². The molecule has 0 radical (unpaired) electrons. The predicted molar refractivity (Wildman–Crippen MR) is 148 cm³/mol. The van der Waals surface area contributed by atoms with Gasteiger partial charge in [-0.25, -0.2) is 0 Å². The summed E-state index contributed by atoms with van der Waals surface area (Å²) in [7, 11) is 7.87. The Morgan fingerprint density at radius 3 is 1.92 bits per heavy atom. The quantitative estimate of drug-likeness (QED) is 0.464. The number of methoxy groups -OCH3 is 5. The lowest BCUT2D eigenvalue weighted by Gasteiger charge is -2.39. The van der Waals surface area contributed by atoms with E-state index in [-0.39, 0.29) is 17.2 Å². The summed E-state index contributed by atoms with van der Waals surface area (Å²) in [5, 5.41) is 0. The zero-order valence-electron chi connectivity index (χ0n) is 23.7. The summed E-state index contributed by atoms with van der Waals surface area (Å²) in [6.45, 7) is 4.49. The fraction of sp³-hybridized carbons (Fsp3) is 0.467. The van der Waals surface area contributed by atoms with Gasteiger partial charge in [-0.05, 0) is 61.9 Å². The van der Waals surface area contributed by atoms with Gasteiger partial charge < -0.3 is 33.5 Å². The highest BCUT2D eigenvalue weighted by Crippen LogP contribution is 2.42. The number of nitrogens with zero attached hydrogens (tertiary/aromatic N) is 2. The van der Waals surface area contributed by atoms with Gasteiger partial charge in [-0.3, -0.25) is 9.59 Å². The van der Waals surface area contributed by atoms with E-state index in [2.05, 4.69) is 0 Å². The van der Waals surface area contributed by atoms with Gasteiger partial charge in [-0.15, -0.1) is 0 Å². The summed E-state index contributed by atoms with van der Waals surface area (Å²) >= 11 is 0. The first-order valence-corrected chi connectivity index (χ1v) is 13.1. The van der Waals surface area contributed by atoms with E-state index in [4.69, 9.17) is 23.7 Å². The maximum absolute atomic E-state index is 13.4. The van der Waals surface area contributed by atoms with Crippen LogP contribution in [0, 0.1) is 5.41 Å². The van der Waals surface area contributed by atoms with Crippen molar-refractivity contribution in [1.29, 1.82) is 0 Å². The first-order valence-electron chi connectivity index (χ1n) is 13.1. The Kier molecular flexibility index (Phi) is 8.57. The molecule has 210 valence electrons. The molecule has 0 N–H and O–H groups in total. The molecule has 2 aliphatic heterocycles. The summed E-state index contributed by atoms with van der Waals surface area (Å²) in [6, 6.07) is 8.82. The summed E-state index contributed by atoms with van der Waals surface area (Å²) in [5.41, 5.74) is 1.89. The maximum Gasteiger partial charge on any atom is 0.257 e. The Hall–Kier alpha value is -3.88. The van der Waals surface area contributed by atoms with Crippen LogP contribution in [0.25, 0.3) is 6.08 Å². The van der Waals surface area contributed by atoms with Crippen LogP contribution in [0.1, 0.15) is 42.1 Å². The molecular formula is C30H38N2O7. The summed E-state index contributed by atoms with van der Waals surface area (Å²) in [6.07, 6.45) is 4.45. The van der Waals surface area contributed by atoms with Gasteiger partial charge in [0.2, 0.25) is 5.91 Å². The van der Waals surface area contributed by atoms with E-state index >= 15 is 0 Å². The van der Waals surface area contributed by atoms with Crippen molar-refractivity contribution in [1.82, 2.24) is 9.80 Å². The average Bonchev–Trinajstić information content (AvgIpc) is 3.39. The molecule has 2 aromatic carbocycles. The van der Waals surface area contributed by atoms with E-state index in [0.29, 0.717) is 66.1 Å². The Morgan fingerprint density at radius 1 is 0.744 bits per heavy atom. The normalized spacial score (nSPS) is 16.7. The molecule has 0 atom stereocenters. The van der Waals surface area contributed by atoms with Gasteiger partial charge in [0.05, 0.1) is 41.1 Å². The number of benzene rings is 2. The monoisotopic (exact) mass is 538 g/mol. The number of ether oxygens (including phenoxy) is 5. The van der Waals surface area contributed by atoms with Crippen LogP contribution in [0.5, 0.6) is 28.7 Å². The molecular weight excluding hydrogens is 500 g/mol. The van der Waals surface area contributed by atoms with Gasteiger partial charge in [0.25, 0.3) is 5.91 Å². The highest BCUT2D eigenvalue weighted by atomic mass is 16.5. The zero-order valence-corrected chi connectivity index (χ0v) is 23.7. The number of hydrogen-bond acceptors (Lipinski definition) is 7. The molecule has 2 saturated heterocycles. The van der Waals surface area contributed by atoms with Crippen LogP contribution < -0.4 is 23.7 Å². The van der Waals surface area contributed by atoms with Crippen molar-refractivity contribution in [2.24, 2.45) is 5.41 Å². The molecule has 2 heterocycles. The molecule has 39 heavy (non-hydrogen) atoms. The van der Waals surface area contributed by atoms with Gasteiger partial charge in [-0.2, -0.15) is 0 Å². The second kappa shape index (κ2) is 11.9. The smallest absolute Gasteiger partial charge is 0.257 e. The number of hydrogen-bond donors (Lipinski definition) is 0. The number of piperidine rings is 1. The highest BCUT2D eigenvalue weighted by Gasteiger charge is 2.43. The minimum Gasteiger partial charge on any atom is -0.497 e. The Labute approximate surface area is 230 Å². The van der Waals surface area contributed by atoms with Crippen LogP contribution in [0.3, 0.4) is 0 Å². The van der Waals surface area contributed by atoms with Crippen molar-refractivity contribution >= 4 is 17.9 Å². The summed E-state index contributed by atoms with van der Waals surface area (Å²) in [5.74, 6) is 2.82. The second-order valence-corrected chi connectivity index (χ2v) is 10.1. The SMILES string of the molecule is COc1ccc(OC)c(C(=O)N2CCC3(CCN(C(=O)/C(C)=C/c4cc(OC)c(OC)cc4OC)C3)CC2)c1. The van der Waals surface area contributed by atoms with E-state index in [1.165, 1.54) is 0 Å². The van der Waals surface area contributed by atoms with Crippen molar-refractivity contribution in [3.63, 3.8) is 0 Å². The fourth-order valence-corrected chi connectivity index (χ4v) is 5.56. The molecule has 0 unspecified atom stereocenters. The van der Waals surface area contributed by atoms with Crippen molar-refractivity contribution < 1.29 is 33.3 Å². The van der Waals surface area contributed by atoms with Crippen molar-refractivity contribution in [3.8, 4) is 28.7 Å². The highest BCUT2D eigenvalue weighted by molar-refractivity contribution is 5.98. The number of likely N-dealkylation sites (tertiary alicyclic amines) is 2. The molecule has 0 aliphatic carbocycles. The first kappa shape index (κ1) is 28.1. The standard InChI is InChI=1S/C30H38N2O7/c1-20(15-21-16-26(38-5)27(39-6)18-25(21)37-4)28(33)32-14-11-30(19-32)9-12-31(13-10-30)29(34)23-17-22(35-2)7-8-24(23)36-3/h7-8,15-18H,9-14,19H2,1-6H3/b20-15+. The van der Waals surface area contributed by atoms with Gasteiger partial charge in [0.1, 0.15) is 17.2 Å². The summed E-state index contributed by atoms with van der Waals surface area (Å²) < 4.78 is 27.0. The van der Waals surface area contributed by atoms with E-state index in [9.17, 15) is 9.59 Å². The van der Waals surface area contributed by atoms with Gasteiger partial charge in [0.15, 0.2) is 11.5 Å². The van der Waals surface area contributed by atoms with Crippen molar-refractivity contribution in [2.75, 3.05) is 61.7 Å². The topological polar surface area (TPSA) is 86.8 Å². The van der Waals surface area contributed by atoms with E-state index in [1.54, 1.807) is 59.8 Å². The predicted octanol–water partition coefficient (Wildman–Crippen LogP) is 4.29. The largest absolute Gasteiger partial charge is 0.497 e. The second-order valence-electron chi connectivity index (χ2n) is 10.1. The minimum atomic E-state index is -0.0609. The minimum absolute atomic E-state index is 0.00309. The molecule has 9 nitrogen and oxygen atoms in total. The molecule has 0 bridgehead atoms. The Balaban J connectivity index is 1.42. The lowest BCUT2D eigenvalue weighted by molar-refractivity contribution is -0.126. The molecule has 2 aromatic rings. The van der Waals surface area contributed by atoms with Crippen LogP contribution in [-0.2, 0) is 4.79 Å². The molecule has 2 amide bonds. The Bertz CT molecular complexity index is 1250. The third kappa shape index (κ3) is 5.77. The third-order valence-electron chi connectivity index (χ3n) is 7.92. The number of rotatable bonds is 8. The molecule has 9 heteroatoms. The molecule has 0 saturated carbocycles. The average molecular weight is 539 g/mol. The molecule has 1 spiro atoms. The van der Waals surface area contributed by atoms with Crippen LogP contribution in [0.4, 0.5) is 0 Å². The fourth-order valence-electron chi connectivity index (χ4n) is 5.56. The lowest BCUT2D eigenvalue weighted by atomic mass is 9.77. The van der Waals surface area contributed by atoms with Crippen LogP contribution in [0.15, 0.2) is 35.9 Å². The third-order valence-corrected chi connectivity index (χ3v) is 7.92. The van der Waals surface area contributed by atoms with E-state index < -0.39 is 0 Å². The van der Waals surface area contributed by atoms with E-state index in [0.717, 1.165) is 24.8 Å². The molecule has 4 rings (SSSR count). The van der Waals surface area contributed by atoms with Crippen LogP contribution in [0.2, 0.25) is 0 Å². The summed E-state index contributed by atoms with van der Waals surface area (Å²) in [4.78, 5) is 30.5. The van der Waals surface area contributed by atoms with Crippen LogP contribution >= 0.6 is 0 Å².